The van der Waals surface area contributed by atoms with E-state index in [-0.39, 0.29) is 17.1 Å². The van der Waals surface area contributed by atoms with Crippen molar-refractivity contribution in [1.29, 1.82) is 0 Å². The van der Waals surface area contributed by atoms with Gasteiger partial charge in [0.1, 0.15) is 5.75 Å². The monoisotopic (exact) mass is 344 g/mol. The molecule has 1 amide bonds. The van der Waals surface area contributed by atoms with Crippen molar-refractivity contribution in [2.75, 3.05) is 7.11 Å². The third-order valence-corrected chi connectivity index (χ3v) is 3.79. The molecular formula is C16H19F3N2O3. The van der Waals surface area contributed by atoms with Crippen LogP contribution in [-0.2, 0) is 11.2 Å². The Morgan fingerprint density at radius 1 is 1.38 bits per heavy atom. The summed E-state index contributed by atoms with van der Waals surface area (Å²) in [5.74, 6) is -0.339. The molecule has 5 nitrogen and oxygen atoms in total. The minimum absolute atomic E-state index is 0.167. The van der Waals surface area contributed by atoms with Crippen molar-refractivity contribution in [3.05, 3.63) is 29.8 Å². The highest BCUT2D eigenvalue weighted by atomic mass is 19.4. The molecule has 0 aliphatic carbocycles. The van der Waals surface area contributed by atoms with Crippen LogP contribution in [0.3, 0.4) is 0 Å². The second-order valence-corrected chi connectivity index (χ2v) is 5.64. The van der Waals surface area contributed by atoms with Gasteiger partial charge >= 0.3 is 6.18 Å². The quantitative estimate of drug-likeness (QED) is 0.893. The van der Waals surface area contributed by atoms with Gasteiger partial charge in [-0.1, -0.05) is 25.5 Å². The number of carbonyl (C=O) groups excluding carboxylic acids is 1. The molecule has 0 saturated heterocycles. The molecule has 1 aliphatic rings. The first kappa shape index (κ1) is 18.3. The molecule has 0 aromatic heterocycles. The smallest absolute Gasteiger partial charge is 0.438 e. The molecular weight excluding hydrogens is 325 g/mol. The average Bonchev–Trinajstić information content (AvgIpc) is 2.86. The van der Waals surface area contributed by atoms with Crippen LogP contribution in [0.1, 0.15) is 31.7 Å². The van der Waals surface area contributed by atoms with E-state index in [1.54, 1.807) is 31.2 Å². The molecule has 0 bridgehead atoms. The summed E-state index contributed by atoms with van der Waals surface area (Å²) in [7, 11) is 1.48. The Hall–Kier alpha value is -2.09. The third-order valence-electron chi connectivity index (χ3n) is 3.79. The van der Waals surface area contributed by atoms with E-state index in [0.29, 0.717) is 24.2 Å². The molecule has 0 fully saturated rings. The number of aliphatic hydroxyl groups is 1. The number of ether oxygens (including phenoxy) is 1. The van der Waals surface area contributed by atoms with Crippen LogP contribution in [0.25, 0.3) is 0 Å². The Morgan fingerprint density at radius 2 is 2.00 bits per heavy atom. The fraction of sp³-hybridized carbons (Fsp3) is 0.500. The summed E-state index contributed by atoms with van der Waals surface area (Å²) in [6.07, 6.45) is -5.12. The summed E-state index contributed by atoms with van der Waals surface area (Å²) in [6, 6.07) is 6.37. The Labute approximate surface area is 137 Å². The Bertz CT molecular complexity index is 628. The van der Waals surface area contributed by atoms with Crippen LogP contribution in [0.2, 0.25) is 0 Å². The first-order valence-electron chi connectivity index (χ1n) is 7.52. The van der Waals surface area contributed by atoms with E-state index < -0.39 is 24.2 Å². The van der Waals surface area contributed by atoms with Gasteiger partial charge in [0.05, 0.1) is 13.5 Å². The number of halogens is 3. The van der Waals surface area contributed by atoms with E-state index in [2.05, 4.69) is 5.10 Å². The molecule has 8 heteroatoms. The van der Waals surface area contributed by atoms with Gasteiger partial charge in [-0.3, -0.25) is 4.79 Å². The number of alkyl halides is 3. The van der Waals surface area contributed by atoms with E-state index in [4.69, 9.17) is 4.74 Å². The summed E-state index contributed by atoms with van der Waals surface area (Å²) in [6.45, 7) is 1.79. The van der Waals surface area contributed by atoms with Crippen molar-refractivity contribution in [2.24, 2.45) is 5.10 Å². The Morgan fingerprint density at radius 3 is 2.50 bits per heavy atom. The van der Waals surface area contributed by atoms with Gasteiger partial charge in [-0.25, -0.2) is 0 Å². The molecule has 0 radical (unpaired) electrons. The standard InChI is InChI=1S/C16H19F3N2O3/c1-3-4-12-10-15(23,16(17,18)19)21(20-12)14(22)9-11-5-7-13(24-2)8-6-11/h5-8,23H,3-4,9-10H2,1-2H3. The SMILES string of the molecule is CCCC1=NN(C(=O)Cc2ccc(OC)cc2)C(O)(C(F)(F)F)C1. The van der Waals surface area contributed by atoms with Crippen LogP contribution in [0.15, 0.2) is 29.4 Å². The molecule has 1 aromatic rings. The fourth-order valence-corrected chi connectivity index (χ4v) is 2.52. The van der Waals surface area contributed by atoms with Crippen LogP contribution >= 0.6 is 0 Å². The molecule has 1 unspecified atom stereocenters. The van der Waals surface area contributed by atoms with Crippen molar-refractivity contribution in [3.63, 3.8) is 0 Å². The summed E-state index contributed by atoms with van der Waals surface area (Å²) >= 11 is 0. The molecule has 2 rings (SSSR count). The first-order chi connectivity index (χ1) is 11.2. The van der Waals surface area contributed by atoms with E-state index in [1.807, 2.05) is 0 Å². The normalized spacial score (nSPS) is 20.9. The number of amides is 1. The van der Waals surface area contributed by atoms with Crippen LogP contribution in [0, 0.1) is 0 Å². The number of hydrogen-bond acceptors (Lipinski definition) is 4. The maximum atomic E-state index is 13.3. The number of rotatable bonds is 5. The maximum absolute atomic E-state index is 13.3. The zero-order valence-corrected chi connectivity index (χ0v) is 13.4. The van der Waals surface area contributed by atoms with Crippen LogP contribution in [0.4, 0.5) is 13.2 Å². The lowest BCUT2D eigenvalue weighted by Gasteiger charge is -2.32. The second kappa shape index (κ2) is 6.80. The molecule has 1 N–H and O–H groups in total. The van der Waals surface area contributed by atoms with Crippen molar-refractivity contribution >= 4 is 11.6 Å². The zero-order valence-electron chi connectivity index (χ0n) is 13.4. The molecule has 1 aliphatic heterocycles. The molecule has 0 saturated carbocycles. The molecule has 0 spiro atoms. The van der Waals surface area contributed by atoms with Crippen molar-refractivity contribution < 1.29 is 27.8 Å². The third kappa shape index (κ3) is 3.53. The highest BCUT2D eigenvalue weighted by Crippen LogP contribution is 2.41. The summed E-state index contributed by atoms with van der Waals surface area (Å²) in [4.78, 5) is 12.3. The van der Waals surface area contributed by atoms with E-state index >= 15 is 0 Å². The van der Waals surface area contributed by atoms with Gasteiger partial charge in [0, 0.05) is 12.1 Å². The van der Waals surface area contributed by atoms with Gasteiger partial charge in [-0.2, -0.15) is 23.3 Å². The second-order valence-electron chi connectivity index (χ2n) is 5.64. The summed E-state index contributed by atoms with van der Waals surface area (Å²) in [5, 5.41) is 14.0. The number of hydrazone groups is 1. The molecule has 1 heterocycles. The summed E-state index contributed by atoms with van der Waals surface area (Å²) in [5.41, 5.74) is -2.61. The molecule has 1 atom stereocenters. The predicted octanol–water partition coefficient (Wildman–Crippen LogP) is 2.88. The van der Waals surface area contributed by atoms with E-state index in [1.165, 1.54) is 7.11 Å². The largest absolute Gasteiger partial charge is 0.497 e. The van der Waals surface area contributed by atoms with E-state index in [0.717, 1.165) is 0 Å². The zero-order chi connectivity index (χ0) is 18.0. The van der Waals surface area contributed by atoms with Crippen LogP contribution < -0.4 is 4.74 Å². The number of hydrogen-bond donors (Lipinski definition) is 1. The summed E-state index contributed by atoms with van der Waals surface area (Å²) < 4.78 is 44.8. The lowest BCUT2D eigenvalue weighted by molar-refractivity contribution is -0.302. The van der Waals surface area contributed by atoms with Crippen molar-refractivity contribution in [2.45, 2.75) is 44.5 Å². The highest BCUT2D eigenvalue weighted by molar-refractivity contribution is 5.91. The lowest BCUT2D eigenvalue weighted by Crippen LogP contribution is -2.57. The Balaban J connectivity index is 2.22. The van der Waals surface area contributed by atoms with Crippen LogP contribution in [-0.4, -0.2) is 40.7 Å². The predicted molar refractivity (Wildman–Crippen MR) is 81.5 cm³/mol. The topological polar surface area (TPSA) is 62.1 Å². The highest BCUT2D eigenvalue weighted by Gasteiger charge is 2.62. The van der Waals surface area contributed by atoms with Gasteiger partial charge in [-0.15, -0.1) is 0 Å². The average molecular weight is 344 g/mol. The first-order valence-corrected chi connectivity index (χ1v) is 7.52. The Kier molecular flexibility index (Phi) is 5.17. The van der Waals surface area contributed by atoms with Crippen LogP contribution in [0.5, 0.6) is 5.75 Å². The van der Waals surface area contributed by atoms with Gasteiger partial charge in [-0.05, 0) is 24.1 Å². The molecule has 1 aromatic carbocycles. The van der Waals surface area contributed by atoms with Gasteiger partial charge in [0.25, 0.3) is 5.72 Å². The molecule has 24 heavy (non-hydrogen) atoms. The fourth-order valence-electron chi connectivity index (χ4n) is 2.52. The number of benzene rings is 1. The maximum Gasteiger partial charge on any atom is 0.438 e. The molecule has 132 valence electrons. The van der Waals surface area contributed by atoms with Gasteiger partial charge in [0.2, 0.25) is 5.91 Å². The number of carbonyl (C=O) groups is 1. The van der Waals surface area contributed by atoms with Crippen molar-refractivity contribution in [1.82, 2.24) is 5.01 Å². The van der Waals surface area contributed by atoms with E-state index in [9.17, 15) is 23.1 Å². The van der Waals surface area contributed by atoms with Gasteiger partial charge < -0.3 is 9.84 Å². The minimum atomic E-state index is -4.98. The number of nitrogens with zero attached hydrogens (tertiary/aromatic N) is 2. The van der Waals surface area contributed by atoms with Crippen molar-refractivity contribution in [3.8, 4) is 5.75 Å². The number of methoxy groups -OCH3 is 1. The lowest BCUT2D eigenvalue weighted by atomic mass is 10.0. The van der Waals surface area contributed by atoms with Gasteiger partial charge in [0.15, 0.2) is 0 Å². The minimum Gasteiger partial charge on any atom is -0.497 e.